The van der Waals surface area contributed by atoms with Crippen molar-refractivity contribution in [3.63, 3.8) is 0 Å². The van der Waals surface area contributed by atoms with E-state index in [0.717, 1.165) is 0 Å². The van der Waals surface area contributed by atoms with Gasteiger partial charge in [-0.2, -0.15) is 0 Å². The average molecular weight is 179 g/mol. The van der Waals surface area contributed by atoms with E-state index >= 15 is 0 Å². The van der Waals surface area contributed by atoms with E-state index < -0.39 is 0 Å². The zero-order chi connectivity index (χ0) is 6.69. The lowest BCUT2D eigenvalue weighted by Gasteiger charge is -2.03. The molecule has 2 N–H and O–H groups in total. The Kier molecular flexibility index (Phi) is 3.15. The van der Waals surface area contributed by atoms with E-state index in [4.69, 9.17) is 18.0 Å². The zero-order valence-corrected chi connectivity index (χ0v) is 7.45. The quantitative estimate of drug-likeness (QED) is 0.621. The molecule has 0 aromatic carbocycles. The van der Waals surface area contributed by atoms with E-state index in [1.807, 2.05) is 11.8 Å². The van der Waals surface area contributed by atoms with Crippen molar-refractivity contribution in [1.82, 2.24) is 0 Å². The maximum absolute atomic E-state index is 5.35. The minimum atomic E-state index is 0.592. The van der Waals surface area contributed by atoms with E-state index in [2.05, 4.69) is 0 Å². The Morgan fingerprint density at radius 2 is 2.56 bits per heavy atom. The largest absolute Gasteiger partial charge is 0.385 e. The SMILES string of the molecule is NC(=S)SC1CCCS1. The van der Waals surface area contributed by atoms with Gasteiger partial charge >= 0.3 is 0 Å². The van der Waals surface area contributed by atoms with Crippen molar-refractivity contribution in [3.05, 3.63) is 0 Å². The van der Waals surface area contributed by atoms with Gasteiger partial charge in [-0.3, -0.25) is 0 Å². The molecule has 0 aromatic rings. The highest BCUT2D eigenvalue weighted by Crippen LogP contribution is 2.34. The van der Waals surface area contributed by atoms with E-state index in [-0.39, 0.29) is 0 Å². The van der Waals surface area contributed by atoms with Crippen molar-refractivity contribution in [3.8, 4) is 0 Å². The molecule has 0 spiro atoms. The van der Waals surface area contributed by atoms with Gasteiger partial charge in [0, 0.05) is 0 Å². The highest BCUT2D eigenvalue weighted by molar-refractivity contribution is 8.30. The molecule has 0 radical (unpaired) electrons. The molecule has 1 unspecified atom stereocenters. The maximum atomic E-state index is 5.35. The van der Waals surface area contributed by atoms with Gasteiger partial charge < -0.3 is 5.73 Å². The van der Waals surface area contributed by atoms with E-state index in [9.17, 15) is 0 Å². The summed E-state index contributed by atoms with van der Waals surface area (Å²) in [5.41, 5.74) is 5.35. The first-order valence-electron chi connectivity index (χ1n) is 2.87. The van der Waals surface area contributed by atoms with Crippen LogP contribution in [0.2, 0.25) is 0 Å². The van der Waals surface area contributed by atoms with Gasteiger partial charge in [-0.1, -0.05) is 24.0 Å². The Labute approximate surface area is 69.1 Å². The first-order chi connectivity index (χ1) is 4.29. The van der Waals surface area contributed by atoms with E-state index in [0.29, 0.717) is 8.90 Å². The van der Waals surface area contributed by atoms with Gasteiger partial charge in [-0.25, -0.2) is 0 Å². The standard InChI is InChI=1S/C5H9NS3/c6-5(7)9-4-2-1-3-8-4/h4H,1-3H2,(H2,6,7). The summed E-state index contributed by atoms with van der Waals surface area (Å²) in [7, 11) is 0. The van der Waals surface area contributed by atoms with Crippen LogP contribution in [0.25, 0.3) is 0 Å². The summed E-state index contributed by atoms with van der Waals surface area (Å²) in [5, 5.41) is 0. The molecule has 9 heavy (non-hydrogen) atoms. The maximum Gasteiger partial charge on any atom is 0.132 e. The molecule has 0 bridgehead atoms. The highest BCUT2D eigenvalue weighted by Gasteiger charge is 2.16. The van der Waals surface area contributed by atoms with Crippen molar-refractivity contribution < 1.29 is 0 Å². The van der Waals surface area contributed by atoms with Crippen LogP contribution in [0.15, 0.2) is 0 Å². The zero-order valence-electron chi connectivity index (χ0n) is 5.00. The Bertz CT molecular complexity index is 109. The van der Waals surface area contributed by atoms with E-state index in [1.165, 1.54) is 18.6 Å². The normalized spacial score (nSPS) is 26.4. The summed E-state index contributed by atoms with van der Waals surface area (Å²) in [6.07, 6.45) is 2.59. The van der Waals surface area contributed by atoms with Gasteiger partial charge in [0.15, 0.2) is 0 Å². The molecule has 52 valence electrons. The summed E-state index contributed by atoms with van der Waals surface area (Å²) in [6, 6.07) is 0. The van der Waals surface area contributed by atoms with Crippen LogP contribution in [-0.4, -0.2) is 14.7 Å². The van der Waals surface area contributed by atoms with Crippen molar-refractivity contribution in [2.24, 2.45) is 5.73 Å². The van der Waals surface area contributed by atoms with Crippen LogP contribution in [0.1, 0.15) is 12.8 Å². The molecular weight excluding hydrogens is 170 g/mol. The average Bonchev–Trinajstić information content (AvgIpc) is 2.15. The number of rotatable bonds is 1. The third kappa shape index (κ3) is 2.78. The molecule has 1 nitrogen and oxygen atoms in total. The van der Waals surface area contributed by atoms with Crippen molar-refractivity contribution >= 4 is 40.1 Å². The summed E-state index contributed by atoms with van der Waals surface area (Å²) >= 11 is 8.36. The van der Waals surface area contributed by atoms with Crippen LogP contribution < -0.4 is 5.73 Å². The molecule has 1 rings (SSSR count). The van der Waals surface area contributed by atoms with Crippen LogP contribution in [0, 0.1) is 0 Å². The molecule has 0 amide bonds. The van der Waals surface area contributed by atoms with Crippen LogP contribution in [0.4, 0.5) is 0 Å². The summed E-state index contributed by atoms with van der Waals surface area (Å²) in [6.45, 7) is 0. The summed E-state index contributed by atoms with van der Waals surface area (Å²) < 4.78 is 1.25. The van der Waals surface area contributed by atoms with Gasteiger partial charge in [0.25, 0.3) is 0 Å². The number of thiocarbonyl (C=S) groups is 1. The van der Waals surface area contributed by atoms with Gasteiger partial charge in [-0.15, -0.1) is 11.8 Å². The first-order valence-corrected chi connectivity index (χ1v) is 5.20. The number of hydrogen-bond acceptors (Lipinski definition) is 3. The lowest BCUT2D eigenvalue weighted by Crippen LogP contribution is -2.06. The second-order valence-electron chi connectivity index (χ2n) is 1.88. The molecule has 0 aromatic heterocycles. The van der Waals surface area contributed by atoms with Gasteiger partial charge in [-0.05, 0) is 18.6 Å². The third-order valence-electron chi connectivity index (χ3n) is 1.14. The molecule has 0 saturated carbocycles. The lowest BCUT2D eigenvalue weighted by atomic mass is 10.4. The fourth-order valence-corrected chi connectivity index (χ4v) is 3.65. The van der Waals surface area contributed by atoms with Crippen LogP contribution in [0.5, 0.6) is 0 Å². The van der Waals surface area contributed by atoms with Crippen molar-refractivity contribution in [1.29, 1.82) is 0 Å². The Morgan fingerprint density at radius 1 is 1.78 bits per heavy atom. The summed E-state index contributed by atoms with van der Waals surface area (Å²) in [5.74, 6) is 1.28. The summed E-state index contributed by atoms with van der Waals surface area (Å²) in [4.78, 5) is 0. The van der Waals surface area contributed by atoms with Crippen LogP contribution >= 0.6 is 35.7 Å². The molecule has 4 heteroatoms. The second kappa shape index (κ2) is 3.68. The van der Waals surface area contributed by atoms with Crippen molar-refractivity contribution in [2.45, 2.75) is 17.4 Å². The monoisotopic (exact) mass is 179 g/mol. The van der Waals surface area contributed by atoms with Crippen LogP contribution in [-0.2, 0) is 0 Å². The Hall–Kier alpha value is 0.590. The predicted octanol–water partition coefficient (Wildman–Crippen LogP) is 1.82. The third-order valence-corrected chi connectivity index (χ3v) is 3.98. The molecule has 1 aliphatic rings. The number of nitrogens with two attached hydrogens (primary N) is 1. The van der Waals surface area contributed by atoms with Gasteiger partial charge in [0.2, 0.25) is 0 Å². The molecular formula is C5H9NS3. The lowest BCUT2D eigenvalue weighted by molar-refractivity contribution is 0.926. The highest BCUT2D eigenvalue weighted by atomic mass is 32.2. The Morgan fingerprint density at radius 3 is 3.00 bits per heavy atom. The topological polar surface area (TPSA) is 26.0 Å². The van der Waals surface area contributed by atoms with Gasteiger partial charge in [0.05, 0.1) is 4.58 Å². The number of thioether (sulfide) groups is 2. The fourth-order valence-electron chi connectivity index (χ4n) is 0.771. The van der Waals surface area contributed by atoms with Crippen LogP contribution in [0.3, 0.4) is 0 Å². The molecule has 1 fully saturated rings. The molecule has 1 heterocycles. The molecule has 1 aliphatic heterocycles. The number of hydrogen-bond donors (Lipinski definition) is 1. The predicted molar refractivity (Wildman–Crippen MR) is 49.9 cm³/mol. The fraction of sp³-hybridized carbons (Fsp3) is 0.800. The van der Waals surface area contributed by atoms with Crippen molar-refractivity contribution in [2.75, 3.05) is 5.75 Å². The van der Waals surface area contributed by atoms with E-state index in [1.54, 1.807) is 11.8 Å². The molecule has 0 aliphatic carbocycles. The Balaban J connectivity index is 2.19. The smallest absolute Gasteiger partial charge is 0.132 e. The molecule has 1 saturated heterocycles. The first kappa shape index (κ1) is 7.69. The van der Waals surface area contributed by atoms with Gasteiger partial charge in [0.1, 0.15) is 4.32 Å². The molecule has 1 atom stereocenters. The second-order valence-corrected chi connectivity index (χ2v) is 5.43. The minimum Gasteiger partial charge on any atom is -0.385 e. The minimum absolute atomic E-state index is 0.592.